The lowest BCUT2D eigenvalue weighted by atomic mass is 10.7. The van der Waals surface area contributed by atoms with Crippen LogP contribution in [0.3, 0.4) is 0 Å². The molecule has 1 atom stereocenters. The molecular formula is C6H14O4. The Morgan fingerprint density at radius 1 is 1.30 bits per heavy atom. The first-order valence-electron chi connectivity index (χ1n) is 3.08. The van der Waals surface area contributed by atoms with Crippen LogP contribution in [0.15, 0.2) is 0 Å². The predicted molar refractivity (Wildman–Crippen MR) is 35.7 cm³/mol. The Hall–Kier alpha value is -0.160. The lowest BCUT2D eigenvalue weighted by Gasteiger charge is -2.07. The highest BCUT2D eigenvalue weighted by molar-refractivity contribution is 4.34. The van der Waals surface area contributed by atoms with Crippen LogP contribution in [0.1, 0.15) is 0 Å². The van der Waals surface area contributed by atoms with E-state index in [9.17, 15) is 0 Å². The first-order valence-corrected chi connectivity index (χ1v) is 3.08. The van der Waals surface area contributed by atoms with E-state index in [0.717, 1.165) is 0 Å². The van der Waals surface area contributed by atoms with Crippen molar-refractivity contribution in [3.8, 4) is 0 Å². The normalized spacial score (nSPS) is 13.5. The standard InChI is InChI=1S/C6H14O4/c1-8-3-4-10-5-6(7)9-2/h6-7H,3-5H2,1-2H3. The lowest BCUT2D eigenvalue weighted by Crippen LogP contribution is -2.18. The van der Waals surface area contributed by atoms with Crippen molar-refractivity contribution in [3.05, 3.63) is 0 Å². The topological polar surface area (TPSA) is 47.9 Å². The summed E-state index contributed by atoms with van der Waals surface area (Å²) in [6, 6.07) is 0. The molecule has 0 radical (unpaired) electrons. The predicted octanol–water partition coefficient (Wildman–Crippen LogP) is -0.386. The van der Waals surface area contributed by atoms with Crippen molar-refractivity contribution >= 4 is 0 Å². The summed E-state index contributed by atoms with van der Waals surface area (Å²) in [6.45, 7) is 1.22. The molecule has 0 heterocycles. The third-order valence-electron chi connectivity index (χ3n) is 0.964. The molecule has 0 aliphatic heterocycles. The maximum atomic E-state index is 8.77. The molecule has 4 heteroatoms. The molecule has 0 saturated heterocycles. The minimum atomic E-state index is -0.822. The average Bonchev–Trinajstić information content (AvgIpc) is 1.98. The molecule has 4 nitrogen and oxygen atoms in total. The Labute approximate surface area is 60.7 Å². The highest BCUT2D eigenvalue weighted by atomic mass is 16.6. The lowest BCUT2D eigenvalue weighted by molar-refractivity contribution is -0.122. The van der Waals surface area contributed by atoms with Crippen molar-refractivity contribution < 1.29 is 19.3 Å². The molecule has 0 spiro atoms. The molecule has 0 saturated carbocycles. The van der Waals surface area contributed by atoms with Gasteiger partial charge in [-0.25, -0.2) is 0 Å². The zero-order valence-electron chi connectivity index (χ0n) is 6.37. The number of methoxy groups -OCH3 is 2. The van der Waals surface area contributed by atoms with Crippen LogP contribution in [0, 0.1) is 0 Å². The maximum Gasteiger partial charge on any atom is 0.177 e. The van der Waals surface area contributed by atoms with E-state index in [1.165, 1.54) is 7.11 Å². The van der Waals surface area contributed by atoms with Crippen LogP contribution in [-0.4, -0.2) is 45.4 Å². The summed E-state index contributed by atoms with van der Waals surface area (Å²) in [5.41, 5.74) is 0. The van der Waals surface area contributed by atoms with Gasteiger partial charge in [-0.05, 0) is 0 Å². The molecular weight excluding hydrogens is 136 g/mol. The summed E-state index contributed by atoms with van der Waals surface area (Å²) in [6.07, 6.45) is -0.822. The Morgan fingerprint density at radius 3 is 2.50 bits per heavy atom. The van der Waals surface area contributed by atoms with E-state index in [2.05, 4.69) is 4.74 Å². The fourth-order valence-electron chi connectivity index (χ4n) is 0.394. The second-order valence-electron chi connectivity index (χ2n) is 1.76. The number of ether oxygens (including phenoxy) is 3. The highest BCUT2D eigenvalue weighted by Gasteiger charge is 1.98. The molecule has 1 unspecified atom stereocenters. The van der Waals surface area contributed by atoms with Gasteiger partial charge in [0.15, 0.2) is 6.29 Å². The summed E-state index contributed by atoms with van der Waals surface area (Å²) in [5.74, 6) is 0. The fourth-order valence-corrected chi connectivity index (χ4v) is 0.394. The van der Waals surface area contributed by atoms with Crippen LogP contribution in [0.4, 0.5) is 0 Å². The van der Waals surface area contributed by atoms with E-state index in [1.807, 2.05) is 0 Å². The molecule has 1 N–H and O–H groups in total. The van der Waals surface area contributed by atoms with Crippen LogP contribution in [0.25, 0.3) is 0 Å². The van der Waals surface area contributed by atoms with Gasteiger partial charge in [0.1, 0.15) is 0 Å². The number of aliphatic hydroxyl groups excluding tert-OH is 1. The van der Waals surface area contributed by atoms with Crippen molar-refractivity contribution in [3.63, 3.8) is 0 Å². The van der Waals surface area contributed by atoms with Gasteiger partial charge in [-0.15, -0.1) is 0 Å². The summed E-state index contributed by atoms with van der Waals surface area (Å²) in [5, 5.41) is 8.77. The third kappa shape index (κ3) is 5.97. The molecule has 0 bridgehead atoms. The number of hydrogen-bond donors (Lipinski definition) is 1. The van der Waals surface area contributed by atoms with Crippen molar-refractivity contribution in [1.82, 2.24) is 0 Å². The first kappa shape index (κ1) is 9.84. The molecule has 0 amide bonds. The van der Waals surface area contributed by atoms with Gasteiger partial charge in [0.05, 0.1) is 19.8 Å². The molecule has 0 aromatic rings. The second-order valence-corrected chi connectivity index (χ2v) is 1.76. The Morgan fingerprint density at radius 2 is 2.00 bits per heavy atom. The van der Waals surface area contributed by atoms with E-state index < -0.39 is 6.29 Å². The van der Waals surface area contributed by atoms with Crippen molar-refractivity contribution in [2.45, 2.75) is 6.29 Å². The zero-order chi connectivity index (χ0) is 7.82. The van der Waals surface area contributed by atoms with E-state index in [4.69, 9.17) is 14.6 Å². The minimum Gasteiger partial charge on any atom is -0.382 e. The summed E-state index contributed by atoms with van der Waals surface area (Å²) >= 11 is 0. The molecule has 0 aromatic heterocycles. The first-order chi connectivity index (χ1) is 4.81. The van der Waals surface area contributed by atoms with Crippen molar-refractivity contribution in [2.75, 3.05) is 34.0 Å². The number of hydrogen-bond acceptors (Lipinski definition) is 4. The van der Waals surface area contributed by atoms with Gasteiger partial charge in [0, 0.05) is 14.2 Å². The van der Waals surface area contributed by atoms with Crippen molar-refractivity contribution in [2.24, 2.45) is 0 Å². The van der Waals surface area contributed by atoms with Gasteiger partial charge in [-0.1, -0.05) is 0 Å². The second kappa shape index (κ2) is 6.95. The quantitative estimate of drug-likeness (QED) is 0.414. The Kier molecular flexibility index (Phi) is 6.84. The molecule has 0 aliphatic rings. The molecule has 0 aromatic carbocycles. The molecule has 10 heavy (non-hydrogen) atoms. The Bertz CT molecular complexity index is 66.8. The van der Waals surface area contributed by atoms with Gasteiger partial charge < -0.3 is 19.3 Å². The van der Waals surface area contributed by atoms with Gasteiger partial charge in [-0.2, -0.15) is 0 Å². The van der Waals surface area contributed by atoms with Crippen LogP contribution >= 0.6 is 0 Å². The SMILES string of the molecule is COCCOCC(O)OC. The van der Waals surface area contributed by atoms with Gasteiger partial charge >= 0.3 is 0 Å². The van der Waals surface area contributed by atoms with Gasteiger partial charge in [-0.3, -0.25) is 0 Å². The molecule has 0 rings (SSSR count). The van der Waals surface area contributed by atoms with Gasteiger partial charge in [0.2, 0.25) is 0 Å². The Balaban J connectivity index is 2.89. The van der Waals surface area contributed by atoms with E-state index in [-0.39, 0.29) is 6.61 Å². The van der Waals surface area contributed by atoms with Gasteiger partial charge in [0.25, 0.3) is 0 Å². The molecule has 0 aliphatic carbocycles. The zero-order valence-corrected chi connectivity index (χ0v) is 6.37. The largest absolute Gasteiger partial charge is 0.382 e. The minimum absolute atomic E-state index is 0.194. The summed E-state index contributed by atoms with van der Waals surface area (Å²) in [7, 11) is 3.01. The maximum absolute atomic E-state index is 8.77. The van der Waals surface area contributed by atoms with E-state index in [0.29, 0.717) is 13.2 Å². The van der Waals surface area contributed by atoms with Crippen LogP contribution < -0.4 is 0 Å². The van der Waals surface area contributed by atoms with Crippen LogP contribution in [0.2, 0.25) is 0 Å². The van der Waals surface area contributed by atoms with Crippen molar-refractivity contribution in [1.29, 1.82) is 0 Å². The summed E-state index contributed by atoms with van der Waals surface area (Å²) < 4.78 is 14.2. The molecule has 62 valence electrons. The van der Waals surface area contributed by atoms with Crippen LogP contribution in [-0.2, 0) is 14.2 Å². The fraction of sp³-hybridized carbons (Fsp3) is 1.00. The number of aliphatic hydroxyl groups is 1. The highest BCUT2D eigenvalue weighted by Crippen LogP contribution is 1.84. The van der Waals surface area contributed by atoms with Crippen LogP contribution in [0.5, 0.6) is 0 Å². The number of rotatable bonds is 6. The summed E-state index contributed by atoms with van der Waals surface area (Å²) in [4.78, 5) is 0. The monoisotopic (exact) mass is 150 g/mol. The molecule has 0 fully saturated rings. The van der Waals surface area contributed by atoms with E-state index in [1.54, 1.807) is 7.11 Å². The average molecular weight is 150 g/mol. The smallest absolute Gasteiger partial charge is 0.177 e. The third-order valence-corrected chi connectivity index (χ3v) is 0.964. The van der Waals surface area contributed by atoms with E-state index >= 15 is 0 Å².